The number of para-hydroxylation sites is 1. The number of ether oxygens (including phenoxy) is 2. The number of rotatable bonds is 2. The van der Waals surface area contributed by atoms with Crippen LogP contribution < -0.4 is 4.74 Å². The van der Waals surface area contributed by atoms with E-state index in [1.165, 1.54) is 0 Å². The number of likely N-dealkylation sites (tertiary alicyclic amines) is 1. The molecule has 1 atom stereocenters. The maximum absolute atomic E-state index is 12.4. The van der Waals surface area contributed by atoms with Gasteiger partial charge in [0, 0.05) is 20.1 Å². The normalized spacial score (nSPS) is 17.8. The lowest BCUT2D eigenvalue weighted by Gasteiger charge is -2.37. The molecule has 1 aromatic rings. The molecule has 6 nitrogen and oxygen atoms in total. The number of piperidine rings is 1. The quantitative estimate of drug-likeness (QED) is 0.726. The average molecular weight is 413 g/mol. The summed E-state index contributed by atoms with van der Waals surface area (Å²) in [4.78, 5) is 27.9. The molecule has 1 fully saturated rings. The molecule has 0 N–H and O–H groups in total. The van der Waals surface area contributed by atoms with Gasteiger partial charge in [-0.05, 0) is 61.7 Å². The van der Waals surface area contributed by atoms with E-state index >= 15 is 0 Å². The Hall–Kier alpha value is -1.76. The average Bonchev–Trinajstić information content (AvgIpc) is 2.54. The number of hydrogen-bond acceptors (Lipinski definition) is 4. The molecule has 0 bridgehead atoms. The fourth-order valence-corrected chi connectivity index (χ4v) is 2.97. The Balaban J connectivity index is 1.96. The summed E-state index contributed by atoms with van der Waals surface area (Å²) >= 11 is 3.36. The molecule has 0 aliphatic carbocycles. The lowest BCUT2D eigenvalue weighted by molar-refractivity contribution is 0.0133. The summed E-state index contributed by atoms with van der Waals surface area (Å²) in [5.74, 6) is 0.471. The summed E-state index contributed by atoms with van der Waals surface area (Å²) in [7, 11) is 1.70. The Bertz CT molecular complexity index is 630. The van der Waals surface area contributed by atoms with Crippen LogP contribution in [0.3, 0.4) is 0 Å². The van der Waals surface area contributed by atoms with Crippen molar-refractivity contribution in [2.45, 2.75) is 45.3 Å². The minimum atomic E-state index is -0.533. The van der Waals surface area contributed by atoms with Gasteiger partial charge in [-0.2, -0.15) is 0 Å². The molecule has 1 aromatic carbocycles. The lowest BCUT2D eigenvalue weighted by Crippen LogP contribution is -2.51. The molecule has 1 aliphatic rings. The van der Waals surface area contributed by atoms with Crippen molar-refractivity contribution in [3.05, 3.63) is 28.7 Å². The van der Waals surface area contributed by atoms with Gasteiger partial charge in [0.15, 0.2) is 0 Å². The minimum Gasteiger partial charge on any atom is -0.444 e. The van der Waals surface area contributed by atoms with Gasteiger partial charge in [-0.3, -0.25) is 0 Å². The van der Waals surface area contributed by atoms with Gasteiger partial charge in [0.05, 0.1) is 10.5 Å². The second-order valence-electron chi connectivity index (χ2n) is 7.13. The van der Waals surface area contributed by atoms with Gasteiger partial charge in [0.2, 0.25) is 0 Å². The molecule has 25 heavy (non-hydrogen) atoms. The molecular formula is C18H25BrN2O4. The first-order valence-electron chi connectivity index (χ1n) is 8.34. The number of halogens is 1. The van der Waals surface area contributed by atoms with Gasteiger partial charge in [-0.15, -0.1) is 0 Å². The Morgan fingerprint density at radius 2 is 1.96 bits per heavy atom. The highest BCUT2D eigenvalue weighted by Crippen LogP contribution is 2.25. The smallest absolute Gasteiger partial charge is 0.415 e. The number of carbonyl (C=O) groups excluding carboxylic acids is 2. The van der Waals surface area contributed by atoms with Crippen LogP contribution in [-0.2, 0) is 4.74 Å². The predicted molar refractivity (Wildman–Crippen MR) is 98.8 cm³/mol. The van der Waals surface area contributed by atoms with Crippen molar-refractivity contribution in [3.8, 4) is 5.75 Å². The van der Waals surface area contributed by atoms with Crippen molar-refractivity contribution in [3.63, 3.8) is 0 Å². The van der Waals surface area contributed by atoms with Crippen LogP contribution in [0.25, 0.3) is 0 Å². The maximum atomic E-state index is 12.4. The standard InChI is InChI=1S/C18H25BrN2O4/c1-18(2,3)25-17(23)21-11-7-8-13(12-21)20(4)16(22)24-15-10-6-5-9-14(15)19/h5-6,9-10,13H,7-8,11-12H2,1-4H3. The van der Waals surface area contributed by atoms with Crippen molar-refractivity contribution < 1.29 is 19.1 Å². The first-order valence-corrected chi connectivity index (χ1v) is 9.14. The third kappa shape index (κ3) is 5.63. The molecular weight excluding hydrogens is 388 g/mol. The van der Waals surface area contributed by atoms with Crippen LogP contribution in [0.2, 0.25) is 0 Å². The summed E-state index contributed by atoms with van der Waals surface area (Å²) in [6, 6.07) is 7.09. The van der Waals surface area contributed by atoms with E-state index in [-0.39, 0.29) is 12.1 Å². The molecule has 0 saturated carbocycles. The lowest BCUT2D eigenvalue weighted by atomic mass is 10.1. The SMILES string of the molecule is CN(C(=O)Oc1ccccc1Br)C1CCCN(C(=O)OC(C)(C)C)C1. The number of nitrogens with zero attached hydrogens (tertiary/aromatic N) is 2. The van der Waals surface area contributed by atoms with Gasteiger partial charge in [0.1, 0.15) is 11.4 Å². The number of likely N-dealkylation sites (N-methyl/N-ethyl adjacent to an activating group) is 1. The minimum absolute atomic E-state index is 0.101. The third-order valence-electron chi connectivity index (χ3n) is 3.92. The molecule has 0 aromatic heterocycles. The molecule has 0 spiro atoms. The topological polar surface area (TPSA) is 59.1 Å². The highest BCUT2D eigenvalue weighted by Gasteiger charge is 2.31. The van der Waals surface area contributed by atoms with E-state index in [4.69, 9.17) is 9.47 Å². The first-order chi connectivity index (χ1) is 11.7. The van der Waals surface area contributed by atoms with Crippen LogP contribution in [0.5, 0.6) is 5.75 Å². The molecule has 1 heterocycles. The van der Waals surface area contributed by atoms with Crippen LogP contribution in [0.15, 0.2) is 28.7 Å². The number of hydrogen-bond donors (Lipinski definition) is 0. The number of carbonyl (C=O) groups is 2. The zero-order valence-electron chi connectivity index (χ0n) is 15.1. The summed E-state index contributed by atoms with van der Waals surface area (Å²) in [6.07, 6.45) is 0.852. The zero-order chi connectivity index (χ0) is 18.6. The van der Waals surface area contributed by atoms with Gasteiger partial charge in [-0.25, -0.2) is 9.59 Å². The van der Waals surface area contributed by atoms with Crippen molar-refractivity contribution in [2.24, 2.45) is 0 Å². The third-order valence-corrected chi connectivity index (χ3v) is 4.57. The second-order valence-corrected chi connectivity index (χ2v) is 7.99. The van der Waals surface area contributed by atoms with Crippen molar-refractivity contribution >= 4 is 28.1 Å². The van der Waals surface area contributed by atoms with Gasteiger partial charge in [0.25, 0.3) is 0 Å². The molecule has 2 amide bonds. The van der Waals surface area contributed by atoms with Crippen molar-refractivity contribution in [1.29, 1.82) is 0 Å². The number of amides is 2. The molecule has 138 valence electrons. The molecule has 1 saturated heterocycles. The fourth-order valence-electron chi connectivity index (χ4n) is 2.61. The highest BCUT2D eigenvalue weighted by atomic mass is 79.9. The Kier molecular flexibility index (Phi) is 6.32. The van der Waals surface area contributed by atoms with Crippen LogP contribution in [0.4, 0.5) is 9.59 Å². The van der Waals surface area contributed by atoms with Crippen LogP contribution in [0.1, 0.15) is 33.6 Å². The van der Waals surface area contributed by atoms with Crippen molar-refractivity contribution in [1.82, 2.24) is 9.80 Å². The van der Waals surface area contributed by atoms with E-state index < -0.39 is 11.7 Å². The van der Waals surface area contributed by atoms with E-state index in [0.29, 0.717) is 18.8 Å². The van der Waals surface area contributed by atoms with E-state index in [0.717, 1.165) is 17.3 Å². The highest BCUT2D eigenvalue weighted by molar-refractivity contribution is 9.10. The Morgan fingerprint density at radius 1 is 1.28 bits per heavy atom. The fraction of sp³-hybridized carbons (Fsp3) is 0.556. The van der Waals surface area contributed by atoms with Gasteiger partial charge in [-0.1, -0.05) is 12.1 Å². The molecule has 2 rings (SSSR count). The zero-order valence-corrected chi connectivity index (χ0v) is 16.7. The molecule has 7 heteroatoms. The van der Waals surface area contributed by atoms with E-state index in [1.807, 2.05) is 32.9 Å². The van der Waals surface area contributed by atoms with Gasteiger partial charge < -0.3 is 19.3 Å². The summed E-state index contributed by atoms with van der Waals surface area (Å²) < 4.78 is 11.6. The van der Waals surface area contributed by atoms with E-state index in [9.17, 15) is 9.59 Å². The largest absolute Gasteiger partial charge is 0.444 e. The second kappa shape index (κ2) is 8.08. The predicted octanol–water partition coefficient (Wildman–Crippen LogP) is 4.28. The monoisotopic (exact) mass is 412 g/mol. The summed E-state index contributed by atoms with van der Waals surface area (Å²) in [6.45, 7) is 6.60. The molecule has 0 radical (unpaired) electrons. The van der Waals surface area contributed by atoms with E-state index in [2.05, 4.69) is 15.9 Å². The maximum Gasteiger partial charge on any atom is 0.415 e. The van der Waals surface area contributed by atoms with Crippen LogP contribution in [0, 0.1) is 0 Å². The molecule has 1 unspecified atom stereocenters. The number of benzene rings is 1. The molecule has 1 aliphatic heterocycles. The first kappa shape index (κ1) is 19.6. The Morgan fingerprint density at radius 3 is 2.60 bits per heavy atom. The summed E-state index contributed by atoms with van der Waals surface area (Å²) in [5, 5.41) is 0. The van der Waals surface area contributed by atoms with E-state index in [1.54, 1.807) is 29.0 Å². The Labute approximate surface area is 157 Å². The van der Waals surface area contributed by atoms with Crippen LogP contribution >= 0.6 is 15.9 Å². The summed E-state index contributed by atoms with van der Waals surface area (Å²) in [5.41, 5.74) is -0.533. The van der Waals surface area contributed by atoms with Gasteiger partial charge >= 0.3 is 12.2 Å². The van der Waals surface area contributed by atoms with Crippen molar-refractivity contribution in [2.75, 3.05) is 20.1 Å². The van der Waals surface area contributed by atoms with Crippen LogP contribution in [-0.4, -0.2) is 53.8 Å².